The summed E-state index contributed by atoms with van der Waals surface area (Å²) in [7, 11) is 3.15. The van der Waals surface area contributed by atoms with Crippen molar-refractivity contribution in [2.75, 3.05) is 20.8 Å². The smallest absolute Gasteiger partial charge is 0.413 e. The molecule has 7 heteroatoms. The van der Waals surface area contributed by atoms with E-state index >= 15 is 0 Å². The number of nitrogens with zero attached hydrogens (tertiary/aromatic N) is 1. The molecule has 1 aliphatic rings. The summed E-state index contributed by atoms with van der Waals surface area (Å²) in [5.41, 5.74) is 0.476. The fourth-order valence-corrected chi connectivity index (χ4v) is 4.03. The number of methoxy groups -OCH3 is 2. The van der Waals surface area contributed by atoms with Crippen molar-refractivity contribution in [2.24, 2.45) is 0 Å². The van der Waals surface area contributed by atoms with Crippen LogP contribution in [-0.2, 0) is 16.9 Å². The van der Waals surface area contributed by atoms with Crippen LogP contribution in [0.2, 0.25) is 5.02 Å². The van der Waals surface area contributed by atoms with Crippen molar-refractivity contribution in [1.29, 1.82) is 0 Å². The first kappa shape index (κ1) is 22.0. The molecule has 1 heterocycles. The van der Waals surface area contributed by atoms with Crippen LogP contribution in [0.5, 0.6) is 11.5 Å². The molecule has 0 bridgehead atoms. The van der Waals surface area contributed by atoms with Crippen LogP contribution in [0, 0.1) is 0 Å². The number of carbonyl (C=O) groups is 1. The maximum atomic E-state index is 12.9. The summed E-state index contributed by atoms with van der Waals surface area (Å²) >= 11 is 5.98. The Kier molecular flexibility index (Phi) is 6.26. The zero-order valence-corrected chi connectivity index (χ0v) is 18.6. The Morgan fingerprint density at radius 1 is 0.938 bits per heavy atom. The van der Waals surface area contributed by atoms with Crippen LogP contribution in [-0.4, -0.2) is 36.9 Å². The second-order valence-corrected chi connectivity index (χ2v) is 7.96. The first-order valence-electron chi connectivity index (χ1n) is 10.2. The van der Waals surface area contributed by atoms with Crippen molar-refractivity contribution >= 4 is 17.7 Å². The van der Waals surface area contributed by atoms with Crippen LogP contribution in [0.3, 0.4) is 0 Å². The molecular weight excluding hydrogens is 430 g/mol. The molecule has 6 nitrogen and oxygen atoms in total. The van der Waals surface area contributed by atoms with E-state index in [-0.39, 0.29) is 6.54 Å². The molecular formula is C25H24ClNO5. The van der Waals surface area contributed by atoms with Gasteiger partial charge >= 0.3 is 6.09 Å². The van der Waals surface area contributed by atoms with Gasteiger partial charge in [-0.3, -0.25) is 4.90 Å². The summed E-state index contributed by atoms with van der Waals surface area (Å²) < 4.78 is 16.2. The van der Waals surface area contributed by atoms with Crippen molar-refractivity contribution in [3.63, 3.8) is 0 Å². The highest BCUT2D eigenvalue weighted by Crippen LogP contribution is 2.47. The van der Waals surface area contributed by atoms with Crippen molar-refractivity contribution in [3.8, 4) is 11.5 Å². The van der Waals surface area contributed by atoms with E-state index in [4.69, 9.17) is 25.8 Å². The van der Waals surface area contributed by atoms with Crippen molar-refractivity contribution in [2.45, 2.75) is 18.2 Å². The number of aliphatic hydroxyl groups is 1. The normalized spacial score (nSPS) is 20.2. The lowest BCUT2D eigenvalue weighted by Crippen LogP contribution is -2.46. The lowest BCUT2D eigenvalue weighted by molar-refractivity contribution is -0.109. The fourth-order valence-electron chi connectivity index (χ4n) is 3.90. The van der Waals surface area contributed by atoms with Crippen molar-refractivity contribution in [1.82, 2.24) is 4.90 Å². The summed E-state index contributed by atoms with van der Waals surface area (Å²) in [4.78, 5) is 14.3. The number of rotatable bonds is 7. The number of hydrogen-bond donors (Lipinski definition) is 1. The molecule has 1 aliphatic heterocycles. The molecule has 0 aromatic heterocycles. The Labute approximate surface area is 191 Å². The molecule has 1 saturated heterocycles. The minimum Gasteiger partial charge on any atom is -0.497 e. The highest BCUT2D eigenvalue weighted by molar-refractivity contribution is 6.30. The van der Waals surface area contributed by atoms with Crippen molar-refractivity contribution < 1.29 is 24.1 Å². The number of ether oxygens (including phenoxy) is 3. The minimum absolute atomic E-state index is 0.260. The van der Waals surface area contributed by atoms with Crippen LogP contribution in [0.4, 0.5) is 4.79 Å². The van der Waals surface area contributed by atoms with Gasteiger partial charge in [0.2, 0.25) is 5.72 Å². The molecule has 0 unspecified atom stereocenters. The summed E-state index contributed by atoms with van der Waals surface area (Å²) in [6.45, 7) is 0.260. The minimum atomic E-state index is -1.70. The number of carbonyl (C=O) groups excluding carboxylic acids is 1. The Bertz CT molecular complexity index is 1070. The molecule has 0 aliphatic carbocycles. The Hall–Kier alpha value is -3.22. The molecule has 0 radical (unpaired) electrons. The van der Waals surface area contributed by atoms with Crippen LogP contribution in [0.1, 0.15) is 22.8 Å². The standard InChI is InChI=1S/C25H24ClNO5/c1-30-21-11-5-18(6-12-21)23-25(29,19-7-13-22(31-2)14-8-19)27(24(28)32-23)16-15-17-3-9-20(26)10-4-17/h3-14,23,29H,15-16H2,1-2H3/t23-,25+/m1/s1. The molecule has 0 saturated carbocycles. The third-order valence-electron chi connectivity index (χ3n) is 5.69. The van der Waals surface area contributed by atoms with Gasteiger partial charge in [-0.1, -0.05) is 48.0 Å². The number of halogens is 1. The van der Waals surface area contributed by atoms with E-state index in [1.165, 1.54) is 4.90 Å². The molecule has 2 atom stereocenters. The van der Waals surface area contributed by atoms with Gasteiger partial charge in [-0.25, -0.2) is 4.79 Å². The van der Waals surface area contributed by atoms with Gasteiger partial charge < -0.3 is 19.3 Å². The monoisotopic (exact) mass is 453 g/mol. The van der Waals surface area contributed by atoms with E-state index in [0.717, 1.165) is 5.56 Å². The maximum absolute atomic E-state index is 12.9. The first-order valence-corrected chi connectivity index (χ1v) is 10.6. The van der Waals surface area contributed by atoms with Crippen LogP contribution < -0.4 is 9.47 Å². The average molecular weight is 454 g/mol. The molecule has 1 amide bonds. The van der Waals surface area contributed by atoms with Crippen LogP contribution in [0.15, 0.2) is 72.8 Å². The molecule has 32 heavy (non-hydrogen) atoms. The highest BCUT2D eigenvalue weighted by Gasteiger charge is 2.55. The van der Waals surface area contributed by atoms with Gasteiger partial charge in [0.1, 0.15) is 11.5 Å². The summed E-state index contributed by atoms with van der Waals surface area (Å²) in [5, 5.41) is 12.6. The Morgan fingerprint density at radius 3 is 2.06 bits per heavy atom. The van der Waals surface area contributed by atoms with E-state index in [1.807, 2.05) is 12.1 Å². The van der Waals surface area contributed by atoms with Gasteiger partial charge in [0.25, 0.3) is 0 Å². The van der Waals surface area contributed by atoms with Crippen LogP contribution >= 0.6 is 11.6 Å². The molecule has 0 spiro atoms. The van der Waals surface area contributed by atoms with Gasteiger partial charge in [0.05, 0.1) is 14.2 Å². The molecule has 1 N–H and O–H groups in total. The zero-order chi connectivity index (χ0) is 22.7. The lowest BCUT2D eigenvalue weighted by atomic mass is 9.91. The molecule has 166 valence electrons. The van der Waals surface area contributed by atoms with Crippen LogP contribution in [0.25, 0.3) is 0 Å². The predicted molar refractivity (Wildman–Crippen MR) is 121 cm³/mol. The topological polar surface area (TPSA) is 68.2 Å². The van der Waals surface area contributed by atoms with Gasteiger partial charge in [0, 0.05) is 17.1 Å². The maximum Gasteiger partial charge on any atom is 0.413 e. The third-order valence-corrected chi connectivity index (χ3v) is 5.94. The van der Waals surface area contributed by atoms with E-state index < -0.39 is 17.9 Å². The molecule has 3 aromatic rings. The fraction of sp³-hybridized carbons (Fsp3) is 0.240. The van der Waals surface area contributed by atoms with E-state index in [9.17, 15) is 9.90 Å². The number of cyclic esters (lactones) is 1. The number of hydrogen-bond acceptors (Lipinski definition) is 5. The Balaban J connectivity index is 1.70. The van der Waals surface area contributed by atoms with E-state index in [0.29, 0.717) is 34.1 Å². The van der Waals surface area contributed by atoms with Gasteiger partial charge in [0.15, 0.2) is 6.10 Å². The summed E-state index contributed by atoms with van der Waals surface area (Å²) in [5.74, 6) is 1.32. The predicted octanol–water partition coefficient (Wildman–Crippen LogP) is 4.94. The largest absolute Gasteiger partial charge is 0.497 e. The van der Waals surface area contributed by atoms with E-state index in [1.54, 1.807) is 74.9 Å². The van der Waals surface area contributed by atoms with Crippen molar-refractivity contribution in [3.05, 3.63) is 94.5 Å². The third kappa shape index (κ3) is 4.11. The zero-order valence-electron chi connectivity index (χ0n) is 17.8. The number of amides is 1. The first-order chi connectivity index (χ1) is 15.5. The summed E-state index contributed by atoms with van der Waals surface area (Å²) in [6.07, 6.45) is -0.974. The SMILES string of the molecule is COc1ccc([C@H]2OC(=O)N(CCc3ccc(Cl)cc3)[C@]2(O)c2ccc(OC)cc2)cc1. The quantitative estimate of drug-likeness (QED) is 0.549. The second-order valence-electron chi connectivity index (χ2n) is 7.52. The van der Waals surface area contributed by atoms with Gasteiger partial charge in [-0.05, 0) is 53.9 Å². The lowest BCUT2D eigenvalue weighted by Gasteiger charge is -2.35. The van der Waals surface area contributed by atoms with Gasteiger partial charge in [-0.2, -0.15) is 0 Å². The average Bonchev–Trinajstić information content (AvgIpc) is 3.09. The highest BCUT2D eigenvalue weighted by atomic mass is 35.5. The molecule has 1 fully saturated rings. The summed E-state index contributed by atoms with van der Waals surface area (Å²) in [6, 6.07) is 21.5. The molecule has 4 rings (SSSR count). The Morgan fingerprint density at radius 2 is 1.50 bits per heavy atom. The van der Waals surface area contributed by atoms with E-state index in [2.05, 4.69) is 0 Å². The molecule has 3 aromatic carbocycles. The second kappa shape index (κ2) is 9.10. The van der Waals surface area contributed by atoms with Gasteiger partial charge in [-0.15, -0.1) is 0 Å². The number of benzene rings is 3.